The van der Waals surface area contributed by atoms with Crippen molar-refractivity contribution in [1.82, 2.24) is 0 Å². The van der Waals surface area contributed by atoms with Gasteiger partial charge in [0.1, 0.15) is 18.3 Å². The van der Waals surface area contributed by atoms with Gasteiger partial charge in [0.25, 0.3) is 0 Å². The van der Waals surface area contributed by atoms with Gasteiger partial charge < -0.3 is 18.9 Å². The quantitative estimate of drug-likeness (QED) is 0.273. The summed E-state index contributed by atoms with van der Waals surface area (Å²) in [6.45, 7) is 13.9. The maximum absolute atomic E-state index is 12.2. The van der Waals surface area contributed by atoms with Crippen molar-refractivity contribution in [1.29, 1.82) is 0 Å². The molecule has 0 saturated heterocycles. The van der Waals surface area contributed by atoms with Gasteiger partial charge in [-0.3, -0.25) is 14.4 Å². The minimum absolute atomic E-state index is 0.121. The molecule has 0 amide bonds. The van der Waals surface area contributed by atoms with Crippen LogP contribution < -0.4 is 0 Å². The summed E-state index contributed by atoms with van der Waals surface area (Å²) in [7, 11) is 0. The Morgan fingerprint density at radius 3 is 2.42 bits per heavy atom. The molecule has 7 heteroatoms. The van der Waals surface area contributed by atoms with Gasteiger partial charge in [-0.15, -0.1) is 0 Å². The average Bonchev–Trinajstić information content (AvgIpc) is 3.34. The molecule has 0 aromatic heterocycles. The van der Waals surface area contributed by atoms with Gasteiger partial charge in [0, 0.05) is 51.4 Å². The zero-order chi connectivity index (χ0) is 29.0. The van der Waals surface area contributed by atoms with Crippen molar-refractivity contribution in [2.45, 2.75) is 112 Å². The Hall–Kier alpha value is -2.57. The Morgan fingerprint density at radius 1 is 1.02 bits per heavy atom. The molecule has 4 aliphatic carbocycles. The van der Waals surface area contributed by atoms with Crippen molar-refractivity contribution in [2.24, 2.45) is 34.5 Å². The lowest BCUT2D eigenvalue weighted by molar-refractivity contribution is -0.165. The maximum atomic E-state index is 12.2. The normalized spacial score (nSPS) is 38.5. The largest absolute Gasteiger partial charge is 0.494 e. The van der Waals surface area contributed by atoms with E-state index in [0.29, 0.717) is 37.2 Å². The molecule has 9 atom stereocenters. The van der Waals surface area contributed by atoms with Crippen molar-refractivity contribution >= 4 is 17.9 Å². The maximum Gasteiger partial charge on any atom is 0.302 e. The zero-order valence-electron chi connectivity index (χ0n) is 25.2. The van der Waals surface area contributed by atoms with Gasteiger partial charge in [-0.05, 0) is 61.3 Å². The molecule has 3 fully saturated rings. The fourth-order valence-electron chi connectivity index (χ4n) is 9.01. The first-order chi connectivity index (χ1) is 18.8. The van der Waals surface area contributed by atoms with E-state index in [1.54, 1.807) is 0 Å². The lowest BCUT2D eigenvalue weighted by atomic mass is 9.49. The molecular weight excluding hydrogens is 508 g/mol. The topological polar surface area (TPSA) is 88.1 Å². The van der Waals surface area contributed by atoms with Gasteiger partial charge in [-0.1, -0.05) is 44.1 Å². The van der Waals surface area contributed by atoms with Crippen LogP contribution in [0.25, 0.3) is 0 Å². The fourth-order valence-corrected chi connectivity index (χ4v) is 9.01. The van der Waals surface area contributed by atoms with Crippen molar-refractivity contribution in [3.8, 4) is 0 Å². The van der Waals surface area contributed by atoms with Crippen LogP contribution in [0.15, 0.2) is 34.6 Å². The molecule has 7 nitrogen and oxygen atoms in total. The molecule has 220 valence electrons. The van der Waals surface area contributed by atoms with Crippen molar-refractivity contribution in [3.63, 3.8) is 0 Å². The van der Waals surface area contributed by atoms with Crippen LogP contribution in [0, 0.1) is 34.5 Å². The molecule has 5 aliphatic rings. The summed E-state index contributed by atoms with van der Waals surface area (Å²) in [5.74, 6) is 1.73. The van der Waals surface area contributed by atoms with E-state index in [1.165, 1.54) is 37.5 Å². The second-order valence-electron chi connectivity index (χ2n) is 13.5. The van der Waals surface area contributed by atoms with Crippen molar-refractivity contribution in [2.75, 3.05) is 6.61 Å². The highest BCUT2D eigenvalue weighted by molar-refractivity contribution is 5.67. The van der Waals surface area contributed by atoms with E-state index >= 15 is 0 Å². The molecular formula is C33H46O7. The molecule has 1 heterocycles. The van der Waals surface area contributed by atoms with Crippen LogP contribution in [0.5, 0.6) is 0 Å². The molecule has 0 radical (unpaired) electrons. The van der Waals surface area contributed by atoms with Gasteiger partial charge in [-0.2, -0.15) is 0 Å². The number of esters is 3. The molecule has 40 heavy (non-hydrogen) atoms. The molecule has 1 aliphatic heterocycles. The van der Waals surface area contributed by atoms with Crippen LogP contribution in [-0.2, 0) is 33.3 Å². The van der Waals surface area contributed by atoms with Gasteiger partial charge in [0.2, 0.25) is 0 Å². The lowest BCUT2D eigenvalue weighted by Crippen LogP contribution is -2.54. The number of fused-ring (bicyclic) bond motifs is 7. The van der Waals surface area contributed by atoms with Crippen LogP contribution in [0.3, 0.4) is 0 Å². The SMILES string of the molecule is CC(=O)OC[C@H](C)CCC1=C(C)[C@H]2[C@H](C[C@H]3C4=CC=C5C[C@@H](OC(C)=O)C[C@H](OC(C)=O)[C@]5(C)[C@H]4CC[C@@]32C)O1. The van der Waals surface area contributed by atoms with Gasteiger partial charge >= 0.3 is 17.9 Å². The second kappa shape index (κ2) is 10.7. The van der Waals surface area contributed by atoms with Gasteiger partial charge in [0.05, 0.1) is 12.4 Å². The Morgan fingerprint density at radius 2 is 1.75 bits per heavy atom. The van der Waals surface area contributed by atoms with E-state index in [0.717, 1.165) is 37.9 Å². The van der Waals surface area contributed by atoms with Crippen molar-refractivity contribution < 1.29 is 33.3 Å². The number of carbonyl (C=O) groups is 3. The van der Waals surface area contributed by atoms with Crippen LogP contribution in [0.1, 0.15) is 93.4 Å². The minimum atomic E-state index is -0.327. The first kappa shape index (κ1) is 28.9. The average molecular weight is 555 g/mol. The Kier molecular flexibility index (Phi) is 7.73. The summed E-state index contributed by atoms with van der Waals surface area (Å²) < 4.78 is 23.5. The molecule has 0 aromatic rings. The predicted octanol–water partition coefficient (Wildman–Crippen LogP) is 6.22. The predicted molar refractivity (Wildman–Crippen MR) is 150 cm³/mol. The summed E-state index contributed by atoms with van der Waals surface area (Å²) in [6, 6.07) is 0. The van der Waals surface area contributed by atoms with Crippen LogP contribution in [-0.4, -0.2) is 42.8 Å². The van der Waals surface area contributed by atoms with E-state index in [4.69, 9.17) is 18.9 Å². The van der Waals surface area contributed by atoms with Crippen molar-refractivity contribution in [3.05, 3.63) is 34.6 Å². The summed E-state index contributed by atoms with van der Waals surface area (Å²) >= 11 is 0. The Balaban J connectivity index is 1.38. The van der Waals surface area contributed by atoms with E-state index in [9.17, 15) is 14.4 Å². The third-order valence-electron chi connectivity index (χ3n) is 10.9. The number of hydrogen-bond acceptors (Lipinski definition) is 7. The Labute approximate surface area is 238 Å². The molecule has 0 spiro atoms. The third-order valence-corrected chi connectivity index (χ3v) is 10.9. The zero-order valence-corrected chi connectivity index (χ0v) is 25.2. The van der Waals surface area contributed by atoms with E-state index in [2.05, 4.69) is 39.8 Å². The third kappa shape index (κ3) is 4.92. The first-order valence-electron chi connectivity index (χ1n) is 15.1. The number of allylic oxidation sites excluding steroid dienone is 4. The van der Waals surface area contributed by atoms with E-state index in [-0.39, 0.29) is 53.0 Å². The summed E-state index contributed by atoms with van der Waals surface area (Å²) in [6.07, 6.45) is 10.3. The minimum Gasteiger partial charge on any atom is -0.494 e. The van der Waals surface area contributed by atoms with Crippen LogP contribution in [0.2, 0.25) is 0 Å². The summed E-state index contributed by atoms with van der Waals surface area (Å²) in [5, 5.41) is 0. The molecule has 0 bridgehead atoms. The second-order valence-corrected chi connectivity index (χ2v) is 13.5. The van der Waals surface area contributed by atoms with E-state index in [1.807, 2.05) is 0 Å². The highest BCUT2D eigenvalue weighted by Crippen LogP contribution is 2.68. The standard InChI is InChI=1S/C33H46O7/c1-18(17-37-20(3)34)8-11-28-19(2)31-29(40-28)16-27-25-10-9-23-14-24(38-21(4)35)15-30(39-22(5)36)33(23,7)26(25)12-13-32(27,31)6/h9-10,18,24,26-27,29-31H,8,11-17H2,1-7H3/t18-,24-,26+,27+,29+,30+,31+,32+,33+/m1/s1. The molecule has 3 saturated carbocycles. The smallest absolute Gasteiger partial charge is 0.302 e. The number of carbonyl (C=O) groups excluding carboxylic acids is 3. The molecule has 5 rings (SSSR count). The first-order valence-corrected chi connectivity index (χ1v) is 15.1. The molecule has 0 unspecified atom stereocenters. The van der Waals surface area contributed by atoms with E-state index < -0.39 is 0 Å². The fraction of sp³-hybridized carbons (Fsp3) is 0.727. The molecule has 0 N–H and O–H groups in total. The Bertz CT molecular complexity index is 1160. The molecule has 0 aromatic carbocycles. The number of ether oxygens (including phenoxy) is 4. The van der Waals surface area contributed by atoms with Crippen LogP contribution in [0.4, 0.5) is 0 Å². The highest BCUT2D eigenvalue weighted by atomic mass is 16.6. The number of hydrogen-bond donors (Lipinski definition) is 0. The number of rotatable bonds is 7. The lowest BCUT2D eigenvalue weighted by Gasteiger charge is -2.56. The van der Waals surface area contributed by atoms with Crippen LogP contribution >= 0.6 is 0 Å². The highest BCUT2D eigenvalue weighted by Gasteiger charge is 2.63. The summed E-state index contributed by atoms with van der Waals surface area (Å²) in [4.78, 5) is 35.1. The van der Waals surface area contributed by atoms with Gasteiger partial charge in [-0.25, -0.2) is 0 Å². The monoisotopic (exact) mass is 554 g/mol. The van der Waals surface area contributed by atoms with Gasteiger partial charge in [0.15, 0.2) is 0 Å². The summed E-state index contributed by atoms with van der Waals surface area (Å²) in [5.41, 5.74) is 3.91.